The second kappa shape index (κ2) is 11.5. The van der Waals surface area contributed by atoms with Crippen molar-refractivity contribution in [2.75, 3.05) is 17.2 Å². The van der Waals surface area contributed by atoms with Crippen molar-refractivity contribution < 1.29 is 27.5 Å². The quantitative estimate of drug-likeness (QED) is 0.504. The Labute approximate surface area is 221 Å². The summed E-state index contributed by atoms with van der Waals surface area (Å²) in [5.41, 5.74) is -0.224. The van der Waals surface area contributed by atoms with E-state index in [1.165, 1.54) is 11.0 Å². The summed E-state index contributed by atoms with van der Waals surface area (Å²) in [7, 11) is -4.09. The van der Waals surface area contributed by atoms with Crippen molar-refractivity contribution >= 4 is 45.0 Å². The summed E-state index contributed by atoms with van der Waals surface area (Å²) in [6.07, 6.45) is 1.81. The first-order valence-electron chi connectivity index (χ1n) is 11.9. The van der Waals surface area contributed by atoms with Gasteiger partial charge in [-0.1, -0.05) is 37.1 Å². The molecule has 200 valence electrons. The predicted molar refractivity (Wildman–Crippen MR) is 139 cm³/mol. The fraction of sp³-hybridized carbons (Fsp3) is 0.440. The minimum atomic E-state index is -4.09. The van der Waals surface area contributed by atoms with Crippen LogP contribution in [0.25, 0.3) is 0 Å². The van der Waals surface area contributed by atoms with Gasteiger partial charge in [-0.2, -0.15) is 0 Å². The second-order valence-electron chi connectivity index (χ2n) is 9.68. The first-order valence-corrected chi connectivity index (χ1v) is 13.9. The molecule has 1 aliphatic rings. The molecule has 0 unspecified atom stereocenters. The average molecular weight is 551 g/mol. The number of halogens is 1. The van der Waals surface area contributed by atoms with Crippen LogP contribution in [0.4, 0.5) is 10.5 Å². The SMILES string of the molecule is CCCCNC(=O)c1cc2c(cn1)S(=O)(=O)C[C@H](NC(=O)OC(C)(C)C)C(=O)N2Cc1ccc(Cl)cc1. The van der Waals surface area contributed by atoms with Gasteiger partial charge in [0.2, 0.25) is 0 Å². The minimum absolute atomic E-state index is 0.00378. The number of fused-ring (bicyclic) bond motifs is 1. The molecule has 2 heterocycles. The molecule has 1 aliphatic heterocycles. The van der Waals surface area contributed by atoms with Gasteiger partial charge >= 0.3 is 6.09 Å². The average Bonchev–Trinajstić information content (AvgIpc) is 2.87. The number of benzene rings is 1. The Balaban J connectivity index is 2.05. The molecule has 1 aromatic carbocycles. The third-order valence-electron chi connectivity index (χ3n) is 5.42. The molecule has 3 rings (SSSR count). The van der Waals surface area contributed by atoms with Crippen LogP contribution in [0.1, 0.15) is 56.6 Å². The topological polar surface area (TPSA) is 135 Å². The highest BCUT2D eigenvalue weighted by molar-refractivity contribution is 7.91. The summed E-state index contributed by atoms with van der Waals surface area (Å²) in [5, 5.41) is 5.63. The van der Waals surface area contributed by atoms with E-state index in [0.717, 1.165) is 19.0 Å². The summed E-state index contributed by atoms with van der Waals surface area (Å²) < 4.78 is 31.9. The molecule has 0 saturated heterocycles. The number of rotatable bonds is 7. The van der Waals surface area contributed by atoms with Crippen molar-refractivity contribution in [2.45, 2.75) is 63.6 Å². The predicted octanol–water partition coefficient (Wildman–Crippen LogP) is 3.48. The Kier molecular flexibility index (Phi) is 8.80. The number of nitrogens with one attached hydrogen (secondary N) is 2. The number of unbranched alkanes of at least 4 members (excludes halogenated alkanes) is 1. The van der Waals surface area contributed by atoms with Gasteiger partial charge in [-0.25, -0.2) is 18.2 Å². The molecule has 10 nitrogen and oxygen atoms in total. The zero-order valence-electron chi connectivity index (χ0n) is 21.2. The van der Waals surface area contributed by atoms with Crippen LogP contribution in [0.5, 0.6) is 0 Å². The van der Waals surface area contributed by atoms with Crippen molar-refractivity contribution in [1.29, 1.82) is 0 Å². The van der Waals surface area contributed by atoms with Crippen molar-refractivity contribution in [2.24, 2.45) is 0 Å². The fourth-order valence-electron chi connectivity index (χ4n) is 3.65. The molecule has 0 aliphatic carbocycles. The molecule has 1 aromatic heterocycles. The molecule has 2 aromatic rings. The third-order valence-corrected chi connectivity index (χ3v) is 7.43. The van der Waals surface area contributed by atoms with Gasteiger partial charge in [0.1, 0.15) is 22.2 Å². The summed E-state index contributed by atoms with van der Waals surface area (Å²) in [6, 6.07) is 6.55. The molecular formula is C25H31ClN4O6S. The van der Waals surface area contributed by atoms with Gasteiger partial charge in [0.25, 0.3) is 11.8 Å². The maximum absolute atomic E-state index is 13.7. The number of alkyl carbamates (subject to hydrolysis) is 1. The number of pyridine rings is 1. The van der Waals surface area contributed by atoms with Crippen LogP contribution in [0, 0.1) is 0 Å². The van der Waals surface area contributed by atoms with E-state index < -0.39 is 45.1 Å². The molecule has 0 bridgehead atoms. The van der Waals surface area contributed by atoms with E-state index in [4.69, 9.17) is 16.3 Å². The molecule has 37 heavy (non-hydrogen) atoms. The first-order chi connectivity index (χ1) is 17.3. The molecular weight excluding hydrogens is 520 g/mol. The minimum Gasteiger partial charge on any atom is -0.444 e. The van der Waals surface area contributed by atoms with E-state index in [1.54, 1.807) is 45.0 Å². The van der Waals surface area contributed by atoms with Gasteiger partial charge in [-0.15, -0.1) is 0 Å². The smallest absolute Gasteiger partial charge is 0.408 e. The number of carbonyl (C=O) groups is 3. The number of sulfone groups is 1. The first kappa shape index (κ1) is 28.4. The van der Waals surface area contributed by atoms with E-state index in [2.05, 4.69) is 15.6 Å². The van der Waals surface area contributed by atoms with E-state index in [1.807, 2.05) is 6.92 Å². The van der Waals surface area contributed by atoms with Gasteiger partial charge < -0.3 is 20.3 Å². The third kappa shape index (κ3) is 7.42. The van der Waals surface area contributed by atoms with Gasteiger partial charge in [-0.05, 0) is 51.0 Å². The highest BCUT2D eigenvalue weighted by Crippen LogP contribution is 2.32. The van der Waals surface area contributed by atoms with Crippen molar-refractivity contribution in [1.82, 2.24) is 15.6 Å². The van der Waals surface area contributed by atoms with Crippen molar-refractivity contribution in [3.8, 4) is 0 Å². The van der Waals surface area contributed by atoms with E-state index in [-0.39, 0.29) is 22.8 Å². The molecule has 0 saturated carbocycles. The molecule has 0 radical (unpaired) electrons. The Morgan fingerprint density at radius 1 is 1.22 bits per heavy atom. The monoisotopic (exact) mass is 550 g/mol. The molecule has 0 fully saturated rings. The lowest BCUT2D eigenvalue weighted by Crippen LogP contribution is -2.51. The van der Waals surface area contributed by atoms with E-state index in [9.17, 15) is 22.8 Å². The maximum Gasteiger partial charge on any atom is 0.408 e. The zero-order valence-corrected chi connectivity index (χ0v) is 22.8. The van der Waals surface area contributed by atoms with Crippen LogP contribution in [-0.4, -0.2) is 55.2 Å². The number of hydrogen-bond acceptors (Lipinski definition) is 7. The van der Waals surface area contributed by atoms with Crippen molar-refractivity contribution in [3.63, 3.8) is 0 Å². The lowest BCUT2D eigenvalue weighted by molar-refractivity contribution is -0.120. The van der Waals surface area contributed by atoms with Gasteiger partial charge in [0.15, 0.2) is 9.84 Å². The van der Waals surface area contributed by atoms with Gasteiger partial charge in [0.05, 0.1) is 18.0 Å². The van der Waals surface area contributed by atoms with Crippen LogP contribution in [0.15, 0.2) is 41.4 Å². The molecule has 0 spiro atoms. The number of ether oxygens (including phenoxy) is 1. The van der Waals surface area contributed by atoms with Crippen LogP contribution in [0.3, 0.4) is 0 Å². The number of hydrogen-bond donors (Lipinski definition) is 2. The normalized spacial score (nSPS) is 16.9. The summed E-state index contributed by atoms with van der Waals surface area (Å²) in [5.74, 6) is -1.86. The van der Waals surface area contributed by atoms with Crippen LogP contribution < -0.4 is 15.5 Å². The summed E-state index contributed by atoms with van der Waals surface area (Å²) in [4.78, 5) is 43.9. The highest BCUT2D eigenvalue weighted by atomic mass is 35.5. The number of anilines is 1. The summed E-state index contributed by atoms with van der Waals surface area (Å²) in [6.45, 7) is 7.34. The zero-order chi connectivity index (χ0) is 27.4. The molecule has 3 amide bonds. The van der Waals surface area contributed by atoms with Crippen molar-refractivity contribution in [3.05, 3.63) is 52.8 Å². The van der Waals surface area contributed by atoms with Crippen LogP contribution in [0.2, 0.25) is 5.02 Å². The number of amides is 3. The second-order valence-corrected chi connectivity index (χ2v) is 12.1. The number of nitrogens with zero attached hydrogens (tertiary/aromatic N) is 2. The largest absolute Gasteiger partial charge is 0.444 e. The Morgan fingerprint density at radius 3 is 2.51 bits per heavy atom. The molecule has 1 atom stereocenters. The maximum atomic E-state index is 13.7. The van der Waals surface area contributed by atoms with Gasteiger partial charge in [-0.3, -0.25) is 9.59 Å². The van der Waals surface area contributed by atoms with Crippen LogP contribution in [-0.2, 0) is 25.9 Å². The number of carbonyl (C=O) groups excluding carboxylic acids is 3. The van der Waals surface area contributed by atoms with E-state index in [0.29, 0.717) is 17.1 Å². The fourth-order valence-corrected chi connectivity index (χ4v) is 5.32. The highest BCUT2D eigenvalue weighted by Gasteiger charge is 2.40. The lowest BCUT2D eigenvalue weighted by atomic mass is 10.1. The Morgan fingerprint density at radius 2 is 1.89 bits per heavy atom. The lowest BCUT2D eigenvalue weighted by Gasteiger charge is -2.27. The Bertz CT molecular complexity index is 1280. The molecule has 12 heteroatoms. The Hall–Kier alpha value is -3.18. The molecule has 2 N–H and O–H groups in total. The number of aromatic nitrogens is 1. The van der Waals surface area contributed by atoms with Gasteiger partial charge in [0, 0.05) is 17.8 Å². The van der Waals surface area contributed by atoms with Crippen LogP contribution >= 0.6 is 11.6 Å². The summed E-state index contributed by atoms with van der Waals surface area (Å²) >= 11 is 5.99. The van der Waals surface area contributed by atoms with E-state index >= 15 is 0 Å². The standard InChI is InChI=1S/C25H31ClN4O6S/c1-5-6-11-27-22(31)18-12-20-21(13-28-18)37(34,35)15-19(29-24(33)36-25(2,3)4)23(32)30(20)14-16-7-9-17(26)10-8-16/h7-10,12-13,19H,5-6,11,14-15H2,1-4H3,(H,27,31)(H,29,33)/t19-/m0/s1.